The summed E-state index contributed by atoms with van der Waals surface area (Å²) in [6, 6.07) is 12.2. The molecule has 0 fully saturated rings. The fourth-order valence-electron chi connectivity index (χ4n) is 2.08. The summed E-state index contributed by atoms with van der Waals surface area (Å²) in [6.07, 6.45) is 1.63. The predicted molar refractivity (Wildman–Crippen MR) is 90.1 cm³/mol. The Morgan fingerprint density at radius 2 is 2.00 bits per heavy atom. The molecule has 23 heavy (non-hydrogen) atoms. The van der Waals surface area contributed by atoms with Crippen LogP contribution in [0.5, 0.6) is 5.75 Å². The van der Waals surface area contributed by atoms with Crippen molar-refractivity contribution < 1.29 is 14.3 Å². The number of rotatable bonds is 3. The number of methoxy groups -OCH3 is 1. The standard InChI is InChI=1S/C17H11Cl2NO3/c1-22-12-4-2-3-10(7-12)8-15-17(21)23-16(20-15)13-6-5-11(18)9-14(13)19/h2-9H,1H3. The van der Waals surface area contributed by atoms with E-state index >= 15 is 0 Å². The van der Waals surface area contributed by atoms with Crippen molar-refractivity contribution >= 4 is 41.1 Å². The third kappa shape index (κ3) is 3.38. The third-order valence-electron chi connectivity index (χ3n) is 3.18. The van der Waals surface area contributed by atoms with Gasteiger partial charge in [-0.2, -0.15) is 0 Å². The summed E-state index contributed by atoms with van der Waals surface area (Å²) in [5, 5.41) is 0.863. The maximum atomic E-state index is 12.0. The molecule has 0 amide bonds. The summed E-state index contributed by atoms with van der Waals surface area (Å²) in [4.78, 5) is 16.2. The van der Waals surface area contributed by atoms with E-state index in [4.69, 9.17) is 32.7 Å². The van der Waals surface area contributed by atoms with Gasteiger partial charge in [-0.3, -0.25) is 0 Å². The largest absolute Gasteiger partial charge is 0.497 e. The smallest absolute Gasteiger partial charge is 0.363 e. The van der Waals surface area contributed by atoms with Gasteiger partial charge in [0, 0.05) is 5.02 Å². The van der Waals surface area contributed by atoms with Gasteiger partial charge >= 0.3 is 5.97 Å². The van der Waals surface area contributed by atoms with Crippen LogP contribution in [0.1, 0.15) is 11.1 Å². The molecular weight excluding hydrogens is 337 g/mol. The number of esters is 1. The van der Waals surface area contributed by atoms with E-state index in [1.54, 1.807) is 37.5 Å². The number of hydrogen-bond donors (Lipinski definition) is 0. The van der Waals surface area contributed by atoms with Crippen LogP contribution in [-0.2, 0) is 9.53 Å². The molecule has 2 aromatic rings. The van der Waals surface area contributed by atoms with E-state index in [1.807, 2.05) is 18.2 Å². The Hall–Kier alpha value is -2.30. The van der Waals surface area contributed by atoms with Gasteiger partial charge in [0.2, 0.25) is 5.90 Å². The van der Waals surface area contributed by atoms with Gasteiger partial charge in [-0.25, -0.2) is 9.79 Å². The topological polar surface area (TPSA) is 47.9 Å². The number of aliphatic imine (C=N–C) groups is 1. The van der Waals surface area contributed by atoms with Crippen molar-refractivity contribution in [1.82, 2.24) is 0 Å². The summed E-state index contributed by atoms with van der Waals surface area (Å²) in [7, 11) is 1.58. The maximum Gasteiger partial charge on any atom is 0.363 e. The monoisotopic (exact) mass is 347 g/mol. The minimum Gasteiger partial charge on any atom is -0.497 e. The van der Waals surface area contributed by atoms with Crippen LogP contribution in [0.15, 0.2) is 53.2 Å². The molecule has 6 heteroatoms. The lowest BCUT2D eigenvalue weighted by molar-refractivity contribution is -0.129. The quantitative estimate of drug-likeness (QED) is 0.612. The minimum atomic E-state index is -0.533. The average molecular weight is 348 g/mol. The zero-order chi connectivity index (χ0) is 16.4. The van der Waals surface area contributed by atoms with Crippen LogP contribution in [0, 0.1) is 0 Å². The Morgan fingerprint density at radius 1 is 1.17 bits per heavy atom. The van der Waals surface area contributed by atoms with Gasteiger partial charge in [0.1, 0.15) is 5.75 Å². The molecule has 0 radical (unpaired) electrons. The Morgan fingerprint density at radius 3 is 2.74 bits per heavy atom. The van der Waals surface area contributed by atoms with Crippen molar-refractivity contribution in [1.29, 1.82) is 0 Å². The summed E-state index contributed by atoms with van der Waals surface area (Å²) in [6.45, 7) is 0. The zero-order valence-electron chi connectivity index (χ0n) is 12.0. The number of nitrogens with zero attached hydrogens (tertiary/aromatic N) is 1. The number of benzene rings is 2. The van der Waals surface area contributed by atoms with Crippen molar-refractivity contribution in [3.8, 4) is 5.75 Å². The molecule has 1 heterocycles. The summed E-state index contributed by atoms with van der Waals surface area (Å²) in [5.41, 5.74) is 1.49. The van der Waals surface area contributed by atoms with E-state index in [-0.39, 0.29) is 11.6 Å². The first-order valence-electron chi connectivity index (χ1n) is 6.69. The van der Waals surface area contributed by atoms with E-state index < -0.39 is 5.97 Å². The fraction of sp³-hybridized carbons (Fsp3) is 0.0588. The van der Waals surface area contributed by atoms with Gasteiger partial charge in [-0.05, 0) is 42.0 Å². The highest BCUT2D eigenvalue weighted by Crippen LogP contribution is 2.26. The minimum absolute atomic E-state index is 0.158. The van der Waals surface area contributed by atoms with E-state index in [2.05, 4.69) is 4.99 Å². The van der Waals surface area contributed by atoms with E-state index in [1.165, 1.54) is 0 Å². The first-order chi connectivity index (χ1) is 11.1. The van der Waals surface area contributed by atoms with E-state index in [0.717, 1.165) is 5.56 Å². The zero-order valence-corrected chi connectivity index (χ0v) is 13.6. The second-order valence-corrected chi connectivity index (χ2v) is 5.58. The molecule has 1 aliphatic heterocycles. The Bertz CT molecular complexity index is 843. The second kappa shape index (κ2) is 6.44. The molecule has 0 N–H and O–H groups in total. The molecule has 0 spiro atoms. The number of carbonyl (C=O) groups is 1. The van der Waals surface area contributed by atoms with Gasteiger partial charge in [0.15, 0.2) is 5.70 Å². The SMILES string of the molecule is COc1cccc(C=C2N=C(c3ccc(Cl)cc3Cl)OC2=O)c1. The molecule has 0 bridgehead atoms. The Balaban J connectivity index is 1.96. The first-order valence-corrected chi connectivity index (χ1v) is 7.44. The highest BCUT2D eigenvalue weighted by Gasteiger charge is 2.25. The van der Waals surface area contributed by atoms with Gasteiger partial charge in [-0.15, -0.1) is 0 Å². The van der Waals surface area contributed by atoms with Crippen LogP contribution in [0.3, 0.4) is 0 Å². The van der Waals surface area contributed by atoms with Crippen LogP contribution in [0.25, 0.3) is 6.08 Å². The first kappa shape index (κ1) is 15.6. The highest BCUT2D eigenvalue weighted by molar-refractivity contribution is 6.37. The van der Waals surface area contributed by atoms with Crippen LogP contribution in [0.4, 0.5) is 0 Å². The summed E-state index contributed by atoms with van der Waals surface area (Å²) in [5.74, 6) is 0.315. The Kier molecular flexibility index (Phi) is 4.37. The van der Waals surface area contributed by atoms with Crippen molar-refractivity contribution in [3.63, 3.8) is 0 Å². The Labute approximate surface area is 143 Å². The van der Waals surface area contributed by atoms with Crippen LogP contribution in [-0.4, -0.2) is 19.0 Å². The van der Waals surface area contributed by atoms with Crippen LogP contribution < -0.4 is 4.74 Å². The van der Waals surface area contributed by atoms with Crippen molar-refractivity contribution in [2.75, 3.05) is 7.11 Å². The molecule has 0 saturated carbocycles. The molecule has 1 aliphatic rings. The molecule has 3 rings (SSSR count). The third-order valence-corrected chi connectivity index (χ3v) is 3.73. The molecule has 2 aromatic carbocycles. The molecule has 0 aliphatic carbocycles. The molecule has 0 atom stereocenters. The summed E-state index contributed by atoms with van der Waals surface area (Å²) < 4.78 is 10.3. The molecule has 0 aromatic heterocycles. The van der Waals surface area contributed by atoms with Crippen molar-refractivity contribution in [2.24, 2.45) is 4.99 Å². The molecule has 0 saturated heterocycles. The van der Waals surface area contributed by atoms with Gasteiger partial charge < -0.3 is 9.47 Å². The average Bonchev–Trinajstić information content (AvgIpc) is 2.88. The normalized spacial score (nSPS) is 15.5. The van der Waals surface area contributed by atoms with Crippen LogP contribution >= 0.6 is 23.2 Å². The van der Waals surface area contributed by atoms with Gasteiger partial charge in [0.05, 0.1) is 17.7 Å². The van der Waals surface area contributed by atoms with Gasteiger partial charge in [-0.1, -0.05) is 35.3 Å². The highest BCUT2D eigenvalue weighted by atomic mass is 35.5. The number of hydrogen-bond acceptors (Lipinski definition) is 4. The maximum absolute atomic E-state index is 12.0. The predicted octanol–water partition coefficient (Wildman–Crippen LogP) is 4.35. The van der Waals surface area contributed by atoms with Crippen LogP contribution in [0.2, 0.25) is 10.0 Å². The molecule has 116 valence electrons. The van der Waals surface area contributed by atoms with Crippen molar-refractivity contribution in [2.45, 2.75) is 0 Å². The fourth-order valence-corrected chi connectivity index (χ4v) is 2.57. The second-order valence-electron chi connectivity index (χ2n) is 4.74. The van der Waals surface area contributed by atoms with E-state index in [0.29, 0.717) is 21.4 Å². The molecule has 0 unspecified atom stereocenters. The number of cyclic esters (lactones) is 1. The van der Waals surface area contributed by atoms with Crippen molar-refractivity contribution in [3.05, 3.63) is 69.3 Å². The molecule has 4 nitrogen and oxygen atoms in total. The van der Waals surface area contributed by atoms with E-state index in [9.17, 15) is 4.79 Å². The number of carbonyl (C=O) groups excluding carboxylic acids is 1. The lowest BCUT2D eigenvalue weighted by Crippen LogP contribution is -2.05. The lowest BCUT2D eigenvalue weighted by atomic mass is 10.2. The number of halogens is 2. The molecular formula is C17H11Cl2NO3. The van der Waals surface area contributed by atoms with Gasteiger partial charge in [0.25, 0.3) is 0 Å². The number of ether oxygens (including phenoxy) is 2. The lowest BCUT2D eigenvalue weighted by Gasteiger charge is -2.02. The summed E-state index contributed by atoms with van der Waals surface area (Å²) >= 11 is 12.0.